The Morgan fingerprint density at radius 1 is 1.47 bits per heavy atom. The van der Waals surface area contributed by atoms with Crippen LogP contribution in [0.3, 0.4) is 0 Å². The van der Waals surface area contributed by atoms with Crippen molar-refractivity contribution in [2.24, 2.45) is 0 Å². The highest BCUT2D eigenvalue weighted by Gasteiger charge is 2.12. The van der Waals surface area contributed by atoms with Crippen molar-refractivity contribution in [1.82, 2.24) is 9.78 Å². The molecule has 100 valence electrons. The molecule has 1 aromatic carbocycles. The lowest BCUT2D eigenvalue weighted by Crippen LogP contribution is -2.07. The van der Waals surface area contributed by atoms with Gasteiger partial charge >= 0.3 is 0 Å². The Hall–Kier alpha value is -1.89. The minimum absolute atomic E-state index is 0.0500. The zero-order valence-electron chi connectivity index (χ0n) is 10.3. The van der Waals surface area contributed by atoms with Crippen molar-refractivity contribution in [3.8, 4) is 0 Å². The largest absolute Gasteiger partial charge is 0.379 e. The van der Waals surface area contributed by atoms with Gasteiger partial charge in [0, 0.05) is 24.5 Å². The third-order valence-electron chi connectivity index (χ3n) is 2.72. The number of halogens is 1. The minimum Gasteiger partial charge on any atom is -0.379 e. The van der Waals surface area contributed by atoms with Crippen molar-refractivity contribution in [3.63, 3.8) is 0 Å². The molecule has 0 atom stereocenters. The second kappa shape index (κ2) is 5.83. The minimum atomic E-state index is -0.411. The fourth-order valence-corrected chi connectivity index (χ4v) is 2.14. The molecule has 0 aliphatic rings. The fraction of sp³-hybridized carbons (Fsp3) is 0.250. The first-order valence-electron chi connectivity index (χ1n) is 5.80. The van der Waals surface area contributed by atoms with Crippen LogP contribution in [0, 0.1) is 10.1 Å². The lowest BCUT2D eigenvalue weighted by Gasteiger charge is -2.08. The molecular weight excluding hydrogens is 312 g/mol. The average molecular weight is 325 g/mol. The summed E-state index contributed by atoms with van der Waals surface area (Å²) >= 11 is 3.16. The summed E-state index contributed by atoms with van der Waals surface area (Å²) in [6, 6.07) is 6.89. The van der Waals surface area contributed by atoms with Gasteiger partial charge in [0.1, 0.15) is 0 Å². The molecule has 7 heteroatoms. The number of hydrogen-bond acceptors (Lipinski definition) is 4. The molecule has 0 fully saturated rings. The molecule has 19 heavy (non-hydrogen) atoms. The molecule has 0 amide bonds. The highest BCUT2D eigenvalue weighted by atomic mass is 79.9. The van der Waals surface area contributed by atoms with Crippen LogP contribution in [-0.4, -0.2) is 14.7 Å². The molecule has 0 radical (unpaired) electrons. The van der Waals surface area contributed by atoms with Crippen molar-refractivity contribution in [2.75, 3.05) is 5.32 Å². The van der Waals surface area contributed by atoms with Crippen LogP contribution in [-0.2, 0) is 13.1 Å². The van der Waals surface area contributed by atoms with E-state index >= 15 is 0 Å². The first kappa shape index (κ1) is 13.5. The topological polar surface area (TPSA) is 73.0 Å². The summed E-state index contributed by atoms with van der Waals surface area (Å²) in [5.41, 5.74) is 1.79. The van der Waals surface area contributed by atoms with Crippen LogP contribution >= 0.6 is 15.9 Å². The van der Waals surface area contributed by atoms with E-state index < -0.39 is 4.92 Å². The molecule has 6 nitrogen and oxygen atoms in total. The van der Waals surface area contributed by atoms with Gasteiger partial charge in [-0.1, -0.05) is 0 Å². The first-order valence-corrected chi connectivity index (χ1v) is 6.59. The molecular formula is C12H13BrN4O2. The third kappa shape index (κ3) is 3.11. The van der Waals surface area contributed by atoms with Crippen molar-refractivity contribution < 1.29 is 4.92 Å². The third-order valence-corrected chi connectivity index (χ3v) is 3.39. The summed E-state index contributed by atoms with van der Waals surface area (Å²) in [7, 11) is 0. The number of nitrogens with zero attached hydrogens (tertiary/aromatic N) is 3. The number of rotatable bonds is 5. The number of nitro groups is 1. The molecule has 1 aromatic heterocycles. The molecule has 0 spiro atoms. The average Bonchev–Trinajstić information content (AvgIpc) is 2.84. The molecule has 2 aromatic rings. The van der Waals surface area contributed by atoms with Gasteiger partial charge < -0.3 is 5.32 Å². The number of nitrogens with one attached hydrogen (secondary N) is 1. The van der Waals surface area contributed by atoms with Crippen LogP contribution in [0.2, 0.25) is 0 Å². The number of benzene rings is 1. The standard InChI is InChI=1S/C12H13BrN4O2/c1-2-16-10(5-6-15-16)8-14-9-3-4-11(13)12(7-9)17(18)19/h3-7,14H,2,8H2,1H3. The van der Waals surface area contributed by atoms with Crippen molar-refractivity contribution in [1.29, 1.82) is 0 Å². The van der Waals surface area contributed by atoms with E-state index in [-0.39, 0.29) is 5.69 Å². The Kier molecular flexibility index (Phi) is 4.16. The van der Waals surface area contributed by atoms with Gasteiger partial charge in [0.15, 0.2) is 0 Å². The van der Waals surface area contributed by atoms with Gasteiger partial charge in [0.05, 0.1) is 21.6 Å². The predicted octanol–water partition coefficient (Wildman–Crippen LogP) is 3.19. The summed E-state index contributed by atoms with van der Waals surface area (Å²) < 4.78 is 2.35. The van der Waals surface area contributed by atoms with E-state index in [2.05, 4.69) is 26.3 Å². The predicted molar refractivity (Wildman–Crippen MR) is 76.0 cm³/mol. The van der Waals surface area contributed by atoms with E-state index in [1.54, 1.807) is 18.3 Å². The SMILES string of the molecule is CCn1nccc1CNc1ccc(Br)c([N+](=O)[O-])c1. The highest BCUT2D eigenvalue weighted by Crippen LogP contribution is 2.27. The number of aromatic nitrogens is 2. The zero-order valence-corrected chi connectivity index (χ0v) is 11.9. The lowest BCUT2D eigenvalue weighted by atomic mass is 10.2. The molecule has 0 unspecified atom stereocenters. The Morgan fingerprint density at radius 2 is 2.26 bits per heavy atom. The van der Waals surface area contributed by atoms with Gasteiger partial charge in [-0.25, -0.2) is 0 Å². The number of nitro benzene ring substituents is 1. The van der Waals surface area contributed by atoms with Gasteiger partial charge in [0.25, 0.3) is 5.69 Å². The lowest BCUT2D eigenvalue weighted by molar-refractivity contribution is -0.385. The van der Waals surface area contributed by atoms with Gasteiger partial charge in [0.2, 0.25) is 0 Å². The van der Waals surface area contributed by atoms with E-state index in [4.69, 9.17) is 0 Å². The van der Waals surface area contributed by atoms with Gasteiger partial charge in [-0.05, 0) is 41.1 Å². The summed E-state index contributed by atoms with van der Waals surface area (Å²) in [6.07, 6.45) is 1.74. The monoisotopic (exact) mass is 324 g/mol. The van der Waals surface area contributed by atoms with Crippen LogP contribution in [0.4, 0.5) is 11.4 Å². The van der Waals surface area contributed by atoms with E-state index in [0.29, 0.717) is 16.7 Å². The van der Waals surface area contributed by atoms with Crippen LogP contribution in [0.15, 0.2) is 34.9 Å². The van der Waals surface area contributed by atoms with Gasteiger partial charge in [-0.2, -0.15) is 5.10 Å². The maximum Gasteiger partial charge on any atom is 0.285 e. The first-order chi connectivity index (χ1) is 9.11. The quantitative estimate of drug-likeness (QED) is 0.677. The molecule has 0 saturated carbocycles. The Balaban J connectivity index is 2.12. The van der Waals surface area contributed by atoms with Crippen LogP contribution in [0.5, 0.6) is 0 Å². The summed E-state index contributed by atoms with van der Waals surface area (Å²) in [4.78, 5) is 10.4. The summed E-state index contributed by atoms with van der Waals surface area (Å²) in [6.45, 7) is 3.39. The van der Waals surface area contributed by atoms with Crippen LogP contribution < -0.4 is 5.32 Å². The van der Waals surface area contributed by atoms with Crippen molar-refractivity contribution in [3.05, 3.63) is 50.7 Å². The Morgan fingerprint density at radius 3 is 2.95 bits per heavy atom. The highest BCUT2D eigenvalue weighted by molar-refractivity contribution is 9.10. The molecule has 0 aliphatic carbocycles. The second-order valence-electron chi connectivity index (χ2n) is 3.92. The van der Waals surface area contributed by atoms with Gasteiger partial charge in [-0.15, -0.1) is 0 Å². The Bertz CT molecular complexity index is 597. The maximum atomic E-state index is 10.8. The van der Waals surface area contributed by atoms with Crippen molar-refractivity contribution >= 4 is 27.3 Å². The second-order valence-corrected chi connectivity index (χ2v) is 4.77. The summed E-state index contributed by atoms with van der Waals surface area (Å²) in [5, 5.41) is 18.2. The molecule has 0 aliphatic heterocycles. The number of anilines is 1. The smallest absolute Gasteiger partial charge is 0.285 e. The molecule has 0 saturated heterocycles. The van der Waals surface area contributed by atoms with E-state index in [1.165, 1.54) is 6.07 Å². The van der Waals surface area contributed by atoms with E-state index in [1.807, 2.05) is 17.7 Å². The Labute approximate surface area is 118 Å². The fourth-order valence-electron chi connectivity index (χ4n) is 1.75. The maximum absolute atomic E-state index is 10.8. The van der Waals surface area contributed by atoms with Crippen LogP contribution in [0.1, 0.15) is 12.6 Å². The van der Waals surface area contributed by atoms with E-state index in [9.17, 15) is 10.1 Å². The normalized spacial score (nSPS) is 10.4. The number of hydrogen-bond donors (Lipinski definition) is 1. The summed E-state index contributed by atoms with van der Waals surface area (Å²) in [5.74, 6) is 0. The number of aryl methyl sites for hydroxylation is 1. The van der Waals surface area contributed by atoms with Gasteiger partial charge in [-0.3, -0.25) is 14.8 Å². The van der Waals surface area contributed by atoms with Crippen LogP contribution in [0.25, 0.3) is 0 Å². The van der Waals surface area contributed by atoms with Crippen molar-refractivity contribution in [2.45, 2.75) is 20.0 Å². The molecule has 2 rings (SSSR count). The molecule has 1 heterocycles. The van der Waals surface area contributed by atoms with E-state index in [0.717, 1.165) is 12.2 Å². The molecule has 0 bridgehead atoms. The molecule has 1 N–H and O–H groups in total. The zero-order chi connectivity index (χ0) is 13.8.